The monoisotopic (exact) mass is 288 g/mol. The maximum atomic E-state index is 11.9. The molecule has 0 spiro atoms. The maximum absolute atomic E-state index is 11.9. The van der Waals surface area contributed by atoms with E-state index in [0.717, 1.165) is 19.3 Å². The van der Waals surface area contributed by atoms with E-state index in [1.165, 1.54) is 0 Å². The molecule has 0 unspecified atom stereocenters. The van der Waals surface area contributed by atoms with E-state index >= 15 is 0 Å². The lowest BCUT2D eigenvalue weighted by atomic mass is 9.77. The second-order valence-corrected chi connectivity index (χ2v) is 6.91. The number of carbonyl (C=O) groups is 1. The Kier molecular flexibility index (Phi) is 5.76. The van der Waals surface area contributed by atoms with E-state index < -0.39 is 21.4 Å². The van der Waals surface area contributed by atoms with Crippen molar-refractivity contribution < 1.29 is 18.3 Å². The first-order valence-corrected chi connectivity index (χ1v) is 8.15. The average Bonchev–Trinajstić information content (AvgIpc) is 2.35. The zero-order chi connectivity index (χ0) is 14.4. The van der Waals surface area contributed by atoms with Crippen LogP contribution in [0, 0.1) is 16.7 Å². The summed E-state index contributed by atoms with van der Waals surface area (Å²) in [6, 6.07) is 2.17. The van der Waals surface area contributed by atoms with E-state index in [0.29, 0.717) is 12.8 Å². The van der Waals surface area contributed by atoms with Gasteiger partial charge in [-0.3, -0.25) is 4.79 Å². The average molecular weight is 288 g/mol. The van der Waals surface area contributed by atoms with Gasteiger partial charge in [0.1, 0.15) is 0 Å². The first kappa shape index (κ1) is 15.9. The van der Waals surface area contributed by atoms with Crippen LogP contribution in [0.15, 0.2) is 0 Å². The Morgan fingerprint density at radius 3 is 2.47 bits per heavy atom. The Hall–Kier alpha value is -1.13. The number of nitrogens with one attached hydrogen (secondary N) is 1. The van der Waals surface area contributed by atoms with Gasteiger partial charge in [0, 0.05) is 13.0 Å². The van der Waals surface area contributed by atoms with Gasteiger partial charge in [-0.15, -0.1) is 0 Å². The Balaban J connectivity index is 2.48. The molecule has 1 fully saturated rings. The molecule has 0 aromatic carbocycles. The predicted molar refractivity (Wildman–Crippen MR) is 69.8 cm³/mol. The summed E-state index contributed by atoms with van der Waals surface area (Å²) in [5, 5.41) is 17.7. The van der Waals surface area contributed by atoms with Gasteiger partial charge in [-0.2, -0.15) is 5.26 Å². The van der Waals surface area contributed by atoms with Crippen LogP contribution in [0.3, 0.4) is 0 Å². The number of rotatable bonds is 7. The highest BCUT2D eigenvalue weighted by atomic mass is 32.2. The largest absolute Gasteiger partial charge is 0.481 e. The molecule has 1 aliphatic rings. The molecular weight excluding hydrogens is 268 g/mol. The number of nitriles is 1. The fourth-order valence-corrected chi connectivity index (χ4v) is 4.04. The summed E-state index contributed by atoms with van der Waals surface area (Å²) in [7, 11) is -3.52. The SMILES string of the molecule is N#CC1(CS(=O)(=O)NCCCC(=O)O)CCCCC1. The van der Waals surface area contributed by atoms with Crippen LogP contribution in [0.4, 0.5) is 0 Å². The summed E-state index contributed by atoms with van der Waals surface area (Å²) >= 11 is 0. The lowest BCUT2D eigenvalue weighted by Gasteiger charge is -2.30. The molecule has 108 valence electrons. The van der Waals surface area contributed by atoms with Gasteiger partial charge in [0.15, 0.2) is 0 Å². The molecule has 19 heavy (non-hydrogen) atoms. The number of aliphatic carboxylic acids is 1. The van der Waals surface area contributed by atoms with Crippen molar-refractivity contribution in [1.29, 1.82) is 5.26 Å². The minimum atomic E-state index is -3.52. The van der Waals surface area contributed by atoms with Crippen molar-refractivity contribution in [2.24, 2.45) is 5.41 Å². The summed E-state index contributed by atoms with van der Waals surface area (Å²) in [4.78, 5) is 10.3. The zero-order valence-electron chi connectivity index (χ0n) is 10.9. The van der Waals surface area contributed by atoms with E-state index in [9.17, 15) is 18.5 Å². The van der Waals surface area contributed by atoms with Gasteiger partial charge in [-0.25, -0.2) is 13.1 Å². The van der Waals surface area contributed by atoms with E-state index in [1.807, 2.05) is 0 Å². The molecule has 0 amide bonds. The molecule has 0 aromatic heterocycles. The summed E-state index contributed by atoms with van der Waals surface area (Å²) < 4.78 is 26.2. The normalized spacial score (nSPS) is 18.7. The van der Waals surface area contributed by atoms with Gasteiger partial charge < -0.3 is 5.11 Å². The fourth-order valence-electron chi connectivity index (χ4n) is 2.40. The molecule has 6 nitrogen and oxygen atoms in total. The molecule has 0 saturated heterocycles. The molecule has 1 aliphatic carbocycles. The van der Waals surface area contributed by atoms with Gasteiger partial charge in [-0.1, -0.05) is 19.3 Å². The Labute approximate surface area is 113 Å². The molecule has 0 heterocycles. The van der Waals surface area contributed by atoms with Crippen molar-refractivity contribution in [3.63, 3.8) is 0 Å². The molecule has 0 radical (unpaired) electrons. The number of hydrogen-bond acceptors (Lipinski definition) is 4. The second kappa shape index (κ2) is 6.87. The molecule has 0 aromatic rings. The lowest BCUT2D eigenvalue weighted by Crippen LogP contribution is -2.37. The van der Waals surface area contributed by atoms with Gasteiger partial charge >= 0.3 is 5.97 Å². The molecule has 0 atom stereocenters. The van der Waals surface area contributed by atoms with Crippen molar-refractivity contribution in [3.8, 4) is 6.07 Å². The standard InChI is InChI=1S/C12H20N2O4S/c13-9-12(6-2-1-3-7-12)10-19(17,18)14-8-4-5-11(15)16/h14H,1-8,10H2,(H,15,16). The molecule has 0 aliphatic heterocycles. The molecular formula is C12H20N2O4S. The van der Waals surface area contributed by atoms with E-state index in [4.69, 9.17) is 5.11 Å². The zero-order valence-corrected chi connectivity index (χ0v) is 11.7. The van der Waals surface area contributed by atoms with Crippen molar-refractivity contribution >= 4 is 16.0 Å². The first-order chi connectivity index (χ1) is 8.89. The molecule has 1 rings (SSSR count). The number of carboxylic acid groups (broad SMARTS) is 1. The predicted octanol–water partition coefficient (Wildman–Crippen LogP) is 1.24. The van der Waals surface area contributed by atoms with Crippen LogP contribution in [0.1, 0.15) is 44.9 Å². The van der Waals surface area contributed by atoms with Crippen LogP contribution in [-0.4, -0.2) is 31.8 Å². The van der Waals surface area contributed by atoms with Crippen molar-refractivity contribution in [2.75, 3.05) is 12.3 Å². The van der Waals surface area contributed by atoms with Crippen molar-refractivity contribution in [2.45, 2.75) is 44.9 Å². The summed E-state index contributed by atoms with van der Waals surface area (Å²) in [5.74, 6) is -1.12. The van der Waals surface area contributed by atoms with Gasteiger partial charge in [0.05, 0.1) is 17.2 Å². The lowest BCUT2D eigenvalue weighted by molar-refractivity contribution is -0.137. The molecule has 7 heteroatoms. The highest BCUT2D eigenvalue weighted by Gasteiger charge is 2.36. The van der Waals surface area contributed by atoms with Crippen LogP contribution in [0.25, 0.3) is 0 Å². The van der Waals surface area contributed by atoms with Gasteiger partial charge in [-0.05, 0) is 19.3 Å². The quantitative estimate of drug-likeness (QED) is 0.685. The second-order valence-electron chi connectivity index (χ2n) is 5.10. The molecule has 1 saturated carbocycles. The minimum Gasteiger partial charge on any atom is -0.481 e. The van der Waals surface area contributed by atoms with Crippen molar-refractivity contribution in [1.82, 2.24) is 4.72 Å². The third-order valence-electron chi connectivity index (χ3n) is 3.40. The topological polar surface area (TPSA) is 107 Å². The van der Waals surface area contributed by atoms with E-state index in [2.05, 4.69) is 10.8 Å². The Morgan fingerprint density at radius 1 is 1.32 bits per heavy atom. The third kappa shape index (κ3) is 5.57. The van der Waals surface area contributed by atoms with Crippen LogP contribution in [0.2, 0.25) is 0 Å². The Morgan fingerprint density at radius 2 is 1.95 bits per heavy atom. The molecule has 0 bridgehead atoms. The van der Waals surface area contributed by atoms with Crippen LogP contribution >= 0.6 is 0 Å². The van der Waals surface area contributed by atoms with Gasteiger partial charge in [0.2, 0.25) is 10.0 Å². The summed E-state index contributed by atoms with van der Waals surface area (Å²) in [5.41, 5.74) is -0.767. The maximum Gasteiger partial charge on any atom is 0.303 e. The summed E-state index contributed by atoms with van der Waals surface area (Å²) in [6.45, 7) is 0.107. The van der Waals surface area contributed by atoms with E-state index in [1.54, 1.807) is 0 Å². The number of hydrogen-bond donors (Lipinski definition) is 2. The summed E-state index contributed by atoms with van der Waals surface area (Å²) in [6.07, 6.45) is 4.28. The molecule has 2 N–H and O–H groups in total. The minimum absolute atomic E-state index is 0.0636. The highest BCUT2D eigenvalue weighted by molar-refractivity contribution is 7.89. The number of carboxylic acids is 1. The fraction of sp³-hybridized carbons (Fsp3) is 0.833. The number of sulfonamides is 1. The highest BCUT2D eigenvalue weighted by Crippen LogP contribution is 2.36. The van der Waals surface area contributed by atoms with Crippen LogP contribution in [-0.2, 0) is 14.8 Å². The smallest absolute Gasteiger partial charge is 0.303 e. The first-order valence-electron chi connectivity index (χ1n) is 6.50. The Bertz CT molecular complexity index is 447. The number of nitrogens with zero attached hydrogens (tertiary/aromatic N) is 1. The van der Waals surface area contributed by atoms with Crippen LogP contribution in [0.5, 0.6) is 0 Å². The third-order valence-corrected chi connectivity index (χ3v) is 4.98. The van der Waals surface area contributed by atoms with Crippen LogP contribution < -0.4 is 4.72 Å². The van der Waals surface area contributed by atoms with Crippen molar-refractivity contribution in [3.05, 3.63) is 0 Å². The van der Waals surface area contributed by atoms with Gasteiger partial charge in [0.25, 0.3) is 0 Å². The van der Waals surface area contributed by atoms with E-state index in [-0.39, 0.29) is 25.1 Å².